The van der Waals surface area contributed by atoms with Gasteiger partial charge in [-0.25, -0.2) is 4.98 Å². The fraction of sp³-hybridized carbons (Fsp3) is 0.316. The van der Waals surface area contributed by atoms with Crippen LogP contribution in [0.4, 0.5) is 5.69 Å². The molecule has 3 rings (SSSR count). The average molecular weight is 362 g/mol. The molecule has 0 atom stereocenters. The fourth-order valence-corrected chi connectivity index (χ4v) is 2.58. The van der Waals surface area contributed by atoms with Crippen LogP contribution >= 0.6 is 0 Å². The normalized spacial score (nSPS) is 14.1. The Kier molecular flexibility index (Phi) is 6.44. The molecule has 1 amide bonds. The van der Waals surface area contributed by atoms with Crippen LogP contribution in [0.25, 0.3) is 0 Å². The van der Waals surface area contributed by atoms with Crippen LogP contribution in [-0.2, 0) is 9.59 Å². The van der Waals surface area contributed by atoms with E-state index < -0.39 is 11.4 Å². The summed E-state index contributed by atoms with van der Waals surface area (Å²) in [5.41, 5.74) is 1.49. The van der Waals surface area contributed by atoms with Crippen molar-refractivity contribution in [3.05, 3.63) is 47.7 Å². The molecule has 1 aromatic carbocycles. The number of carboxylic acids is 1. The van der Waals surface area contributed by atoms with Gasteiger partial charge in [0.25, 0.3) is 0 Å². The molecule has 0 unspecified atom stereocenters. The fourth-order valence-electron chi connectivity index (χ4n) is 2.58. The van der Waals surface area contributed by atoms with Crippen LogP contribution in [0.15, 0.2) is 36.5 Å². The summed E-state index contributed by atoms with van der Waals surface area (Å²) >= 11 is 0. The van der Waals surface area contributed by atoms with Crippen LogP contribution < -0.4 is 44.7 Å². The minimum Gasteiger partial charge on any atom is -0.550 e. The first kappa shape index (κ1) is 20.4. The number of nitrogens with zero attached hydrogens (tertiary/aromatic N) is 1. The number of anilines is 1. The van der Waals surface area contributed by atoms with Gasteiger partial charge in [-0.2, -0.15) is 0 Å². The Bertz CT molecular complexity index is 834. The van der Waals surface area contributed by atoms with Gasteiger partial charge >= 0.3 is 29.6 Å². The van der Waals surface area contributed by atoms with E-state index in [1.165, 1.54) is 0 Å². The number of aromatic nitrogens is 1. The van der Waals surface area contributed by atoms with Crippen molar-refractivity contribution in [2.75, 3.05) is 5.32 Å². The molecule has 1 aromatic heterocycles. The third kappa shape index (κ3) is 4.84. The molecular formula is C19H19N2NaO4. The zero-order valence-corrected chi connectivity index (χ0v) is 17.2. The first-order valence-corrected chi connectivity index (χ1v) is 8.10. The number of benzene rings is 1. The Morgan fingerprint density at radius 2 is 1.96 bits per heavy atom. The van der Waals surface area contributed by atoms with Crippen LogP contribution in [0, 0.1) is 19.3 Å². The maximum atomic E-state index is 12.1. The summed E-state index contributed by atoms with van der Waals surface area (Å²) in [4.78, 5) is 27.4. The number of aliphatic carboxylic acids is 1. The van der Waals surface area contributed by atoms with E-state index in [0.29, 0.717) is 30.2 Å². The number of amides is 1. The Hall–Kier alpha value is -1.89. The Morgan fingerprint density at radius 3 is 2.58 bits per heavy atom. The summed E-state index contributed by atoms with van der Waals surface area (Å²) in [5.74, 6) is -0.441. The van der Waals surface area contributed by atoms with E-state index in [1.54, 1.807) is 18.3 Å². The zero-order chi connectivity index (χ0) is 18.0. The van der Waals surface area contributed by atoms with Gasteiger partial charge in [-0.15, -0.1) is 0 Å². The second-order valence-electron chi connectivity index (χ2n) is 6.55. The summed E-state index contributed by atoms with van der Waals surface area (Å²) in [5, 5.41) is 13.8. The molecule has 26 heavy (non-hydrogen) atoms. The number of carboxylic acid groups (broad SMARTS) is 1. The van der Waals surface area contributed by atoms with Crippen molar-refractivity contribution in [3.63, 3.8) is 0 Å². The van der Waals surface area contributed by atoms with Crippen LogP contribution in [0.1, 0.15) is 30.4 Å². The Balaban J connectivity index is 0.00000243. The molecule has 1 aliphatic rings. The third-order valence-electron chi connectivity index (χ3n) is 4.36. The predicted octanol–water partition coefficient (Wildman–Crippen LogP) is -0.647. The van der Waals surface area contributed by atoms with Crippen LogP contribution in [0.2, 0.25) is 0 Å². The Morgan fingerprint density at radius 1 is 1.23 bits per heavy atom. The number of pyridine rings is 1. The van der Waals surface area contributed by atoms with Gasteiger partial charge in [-0.05, 0) is 49.9 Å². The van der Waals surface area contributed by atoms with Gasteiger partial charge in [0, 0.05) is 41.8 Å². The van der Waals surface area contributed by atoms with E-state index in [9.17, 15) is 14.7 Å². The summed E-state index contributed by atoms with van der Waals surface area (Å²) in [7, 11) is 0. The van der Waals surface area contributed by atoms with E-state index in [0.717, 1.165) is 11.1 Å². The number of hydrogen-bond donors (Lipinski definition) is 1. The molecule has 0 saturated heterocycles. The molecule has 1 saturated carbocycles. The Labute approximate surface area is 174 Å². The molecule has 1 heterocycles. The van der Waals surface area contributed by atoms with Crippen molar-refractivity contribution in [1.82, 2.24) is 4.98 Å². The average Bonchev–Trinajstić information content (AvgIpc) is 3.31. The molecule has 130 valence electrons. The molecule has 6 nitrogen and oxygen atoms in total. The van der Waals surface area contributed by atoms with Gasteiger partial charge in [-0.3, -0.25) is 4.79 Å². The summed E-state index contributed by atoms with van der Waals surface area (Å²) < 4.78 is 5.80. The minimum absolute atomic E-state index is 0. The second-order valence-corrected chi connectivity index (χ2v) is 6.55. The molecule has 1 aliphatic carbocycles. The first-order chi connectivity index (χ1) is 11.9. The summed E-state index contributed by atoms with van der Waals surface area (Å²) in [6, 6.07) is 8.98. The third-order valence-corrected chi connectivity index (χ3v) is 4.36. The van der Waals surface area contributed by atoms with Crippen molar-refractivity contribution >= 4 is 17.6 Å². The largest absolute Gasteiger partial charge is 1.00 e. The maximum Gasteiger partial charge on any atom is 1.00 e. The van der Waals surface area contributed by atoms with Gasteiger partial charge in [0.15, 0.2) is 0 Å². The van der Waals surface area contributed by atoms with Crippen LogP contribution in [0.3, 0.4) is 0 Å². The quantitative estimate of drug-likeness (QED) is 0.690. The van der Waals surface area contributed by atoms with Crippen molar-refractivity contribution < 1.29 is 49.0 Å². The number of nitrogens with one attached hydrogen (secondary N) is 1. The monoisotopic (exact) mass is 362 g/mol. The molecule has 0 radical (unpaired) electrons. The maximum absolute atomic E-state index is 12.1. The molecular weight excluding hydrogens is 343 g/mol. The van der Waals surface area contributed by atoms with Gasteiger partial charge < -0.3 is 20.0 Å². The molecule has 7 heteroatoms. The van der Waals surface area contributed by atoms with Crippen LogP contribution in [-0.4, -0.2) is 16.9 Å². The number of ether oxygens (including phenoxy) is 1. The number of carbonyl (C=O) groups excluding carboxylic acids is 2. The topological polar surface area (TPSA) is 91.3 Å². The van der Waals surface area contributed by atoms with Crippen molar-refractivity contribution in [2.24, 2.45) is 5.41 Å². The molecule has 1 N–H and O–H groups in total. The zero-order valence-electron chi connectivity index (χ0n) is 15.2. The summed E-state index contributed by atoms with van der Waals surface area (Å²) in [6.45, 7) is 3.84. The molecule has 1 fully saturated rings. The molecule has 0 spiro atoms. The van der Waals surface area contributed by atoms with E-state index in [4.69, 9.17) is 4.74 Å². The predicted molar refractivity (Wildman–Crippen MR) is 90.1 cm³/mol. The van der Waals surface area contributed by atoms with E-state index in [-0.39, 0.29) is 41.9 Å². The van der Waals surface area contributed by atoms with Crippen molar-refractivity contribution in [1.29, 1.82) is 0 Å². The molecule has 0 bridgehead atoms. The standard InChI is InChI=1S/C19H20N2O4.Na/c1-12-5-8-20-17(9-12)25-15-10-14(4-3-13(15)2)21-16(22)11-19(6-7-19)18(23)24;/h3-5,8-10H,6-7,11H2,1-2H3,(H,21,22)(H,23,24);/q;+1/p-1. The SMILES string of the molecule is Cc1ccnc(Oc2cc(NC(=O)CC3(C(=O)[O-])CC3)ccc2C)c1.[Na+]. The molecule has 2 aromatic rings. The molecule has 0 aliphatic heterocycles. The number of rotatable bonds is 6. The van der Waals surface area contributed by atoms with Gasteiger partial charge in [-0.1, -0.05) is 6.07 Å². The summed E-state index contributed by atoms with van der Waals surface area (Å²) in [6.07, 6.45) is 2.58. The van der Waals surface area contributed by atoms with Gasteiger partial charge in [0.05, 0.1) is 0 Å². The van der Waals surface area contributed by atoms with Crippen molar-refractivity contribution in [2.45, 2.75) is 33.1 Å². The number of hydrogen-bond acceptors (Lipinski definition) is 5. The smallest absolute Gasteiger partial charge is 0.550 e. The van der Waals surface area contributed by atoms with Crippen LogP contribution in [0.5, 0.6) is 11.6 Å². The minimum atomic E-state index is -1.15. The number of aryl methyl sites for hydroxylation is 2. The van der Waals surface area contributed by atoms with Gasteiger partial charge in [0.1, 0.15) is 5.75 Å². The van der Waals surface area contributed by atoms with Gasteiger partial charge in [0.2, 0.25) is 11.8 Å². The second kappa shape index (κ2) is 8.20. The van der Waals surface area contributed by atoms with E-state index in [2.05, 4.69) is 10.3 Å². The van der Waals surface area contributed by atoms with Crippen molar-refractivity contribution in [3.8, 4) is 11.6 Å². The van der Waals surface area contributed by atoms with E-state index in [1.807, 2.05) is 32.0 Å². The number of carbonyl (C=O) groups is 2. The van der Waals surface area contributed by atoms with E-state index >= 15 is 0 Å². The first-order valence-electron chi connectivity index (χ1n) is 8.10.